The van der Waals surface area contributed by atoms with Crippen LogP contribution in [-0.4, -0.2) is 174 Å². The van der Waals surface area contributed by atoms with Gasteiger partial charge in [0.15, 0.2) is 0 Å². The second kappa shape index (κ2) is 127. The zero-order valence-corrected chi connectivity index (χ0v) is 22.5. The van der Waals surface area contributed by atoms with Crippen molar-refractivity contribution in [2.24, 2.45) is 0 Å². The third kappa shape index (κ3) is 236. The average molecular weight is 631 g/mol. The minimum absolute atomic E-state index is 0. The summed E-state index contributed by atoms with van der Waals surface area (Å²) in [6.45, 7) is 6.54. The Morgan fingerprint density at radius 2 is 0.659 bits per heavy atom. The van der Waals surface area contributed by atoms with Gasteiger partial charge in [0, 0.05) is 29.9 Å². The van der Waals surface area contributed by atoms with Crippen molar-refractivity contribution in [2.45, 2.75) is 29.7 Å². The Hall–Kier alpha value is -0.900. The third-order valence-electron chi connectivity index (χ3n) is 1.81. The molecule has 0 bridgehead atoms. The SMILES string of the molecule is C.C.C.C.COCCO.COCOCCO.COCOCOC.O.OCCO.OCCO.OCCOCCO.[C-]#[O+].[HH]. The van der Waals surface area contributed by atoms with Crippen LogP contribution in [0.5, 0.6) is 0 Å². The van der Waals surface area contributed by atoms with E-state index in [1.165, 1.54) is 7.11 Å². The molecule has 268 valence electrons. The van der Waals surface area contributed by atoms with E-state index < -0.39 is 0 Å². The number of methoxy groups -OCH3 is 4. The van der Waals surface area contributed by atoms with E-state index in [9.17, 15) is 0 Å². The van der Waals surface area contributed by atoms with E-state index in [4.69, 9.17) is 45.5 Å². The van der Waals surface area contributed by atoms with Gasteiger partial charge in [-0.25, -0.2) is 0 Å². The van der Waals surface area contributed by atoms with Gasteiger partial charge >= 0.3 is 11.3 Å². The summed E-state index contributed by atoms with van der Waals surface area (Å²) in [6, 6.07) is 0. The first-order valence-electron chi connectivity index (χ1n) is 10.3. The summed E-state index contributed by atoms with van der Waals surface area (Å²) < 4.78 is 39.5. The Labute approximate surface area is 250 Å². The molecule has 17 nitrogen and oxygen atoms in total. The van der Waals surface area contributed by atoms with E-state index in [1.807, 2.05) is 0 Å². The average Bonchev–Trinajstić information content (AvgIpc) is 2.92. The first-order valence-corrected chi connectivity index (χ1v) is 10.3. The van der Waals surface area contributed by atoms with Crippen molar-refractivity contribution < 1.29 is 85.6 Å². The summed E-state index contributed by atoms with van der Waals surface area (Å²) in [5, 5.41) is 62.7. The van der Waals surface area contributed by atoms with Gasteiger partial charge in [-0.1, -0.05) is 29.7 Å². The normalized spacial score (nSPS) is 7.37. The van der Waals surface area contributed by atoms with E-state index in [-0.39, 0.29) is 96.3 Å². The van der Waals surface area contributed by atoms with Crippen molar-refractivity contribution in [1.29, 1.82) is 0 Å². The molecule has 17 heteroatoms. The van der Waals surface area contributed by atoms with Crippen molar-refractivity contribution in [3.63, 3.8) is 0 Å². The molecule has 0 aromatic rings. The first-order chi connectivity index (χ1) is 17.5. The van der Waals surface area contributed by atoms with Gasteiger partial charge in [-0.05, 0) is 0 Å². The molecule has 0 heterocycles. The zero-order chi connectivity index (χ0) is 29.6. The van der Waals surface area contributed by atoms with Crippen LogP contribution in [0.2, 0.25) is 0 Å². The summed E-state index contributed by atoms with van der Waals surface area (Å²) in [6.07, 6.45) is 0. The summed E-state index contributed by atoms with van der Waals surface area (Å²) in [5.41, 5.74) is 0. The van der Waals surface area contributed by atoms with Gasteiger partial charge in [-0.3, -0.25) is 0 Å². The molecule has 41 heavy (non-hydrogen) atoms. The number of aliphatic hydroxyl groups excluding tert-OH is 8. The van der Waals surface area contributed by atoms with Crippen LogP contribution in [0.25, 0.3) is 0 Å². The van der Waals surface area contributed by atoms with E-state index in [0.717, 1.165) is 0 Å². The molecule has 0 aliphatic carbocycles. The molecule has 0 atom stereocenters. The summed E-state index contributed by atoms with van der Waals surface area (Å²) in [5.74, 6) is 0. The fraction of sp³-hybridized carbons (Fsp3) is 0.958. The number of hydrogen-bond acceptors (Lipinski definition) is 15. The fourth-order valence-electron chi connectivity index (χ4n) is 0.730. The predicted octanol–water partition coefficient (Wildman–Crippen LogP) is -1.71. The summed E-state index contributed by atoms with van der Waals surface area (Å²) in [7, 11) is 6.22. The molecular formula is C24H70O17. The molecule has 0 rings (SSSR count). The van der Waals surface area contributed by atoms with Crippen LogP contribution in [0.1, 0.15) is 31.1 Å². The zero-order valence-electron chi connectivity index (χ0n) is 22.5. The molecule has 0 fully saturated rings. The first kappa shape index (κ1) is 77.6. The third-order valence-corrected chi connectivity index (χ3v) is 1.81. The van der Waals surface area contributed by atoms with Crippen molar-refractivity contribution >= 4 is 0 Å². The van der Waals surface area contributed by atoms with E-state index in [0.29, 0.717) is 40.0 Å². The van der Waals surface area contributed by atoms with Crippen LogP contribution in [0.4, 0.5) is 0 Å². The van der Waals surface area contributed by atoms with Crippen LogP contribution in [0.15, 0.2) is 0 Å². The van der Waals surface area contributed by atoms with E-state index in [2.05, 4.69) is 39.8 Å². The Bertz CT molecular complexity index is 229. The van der Waals surface area contributed by atoms with E-state index >= 15 is 0 Å². The van der Waals surface area contributed by atoms with Gasteiger partial charge in [0.1, 0.15) is 20.4 Å². The quantitative estimate of drug-likeness (QED) is 0.0408. The second-order valence-electron chi connectivity index (χ2n) is 4.73. The molecule has 0 aliphatic rings. The summed E-state index contributed by atoms with van der Waals surface area (Å²) >= 11 is 0. The number of aliphatic hydroxyl groups is 8. The molecule has 0 aromatic heterocycles. The maximum absolute atomic E-state index is 8.11. The monoisotopic (exact) mass is 630 g/mol. The Morgan fingerprint density at radius 1 is 0.415 bits per heavy atom. The van der Waals surface area contributed by atoms with Crippen LogP contribution in [-0.2, 0) is 37.8 Å². The maximum Gasteiger partial charge on any atom is 0 e. The van der Waals surface area contributed by atoms with E-state index in [1.54, 1.807) is 21.3 Å². The van der Waals surface area contributed by atoms with Crippen LogP contribution < -0.4 is 0 Å². The molecule has 10 N–H and O–H groups in total. The molecule has 0 saturated heterocycles. The van der Waals surface area contributed by atoms with Gasteiger partial charge in [0.25, 0.3) is 0 Å². The standard InChI is InChI=1S/3C4H10O3.C3H8O2.2C2H6O2.CO.4CH4.H2O.H2/c1-5-3-7-4-6-2;1-6-4-7-3-2-5;5-1-3-7-4-2-6;1-5-3-2-4;2*3-1-2-4;1-2;;;;;;/h3-4H2,1-2H3;5H,2-4H2,1H3;5-6H,1-4H2;4H,2-3H2,1H3;2*3-4H,1-2H2;;4*1H4;1H2;1H. The molecule has 0 saturated carbocycles. The van der Waals surface area contributed by atoms with Crippen LogP contribution >= 0.6 is 0 Å². The molecule has 0 unspecified atom stereocenters. The maximum atomic E-state index is 8.11. The molecule has 0 radical (unpaired) electrons. The second-order valence-corrected chi connectivity index (χ2v) is 4.73. The van der Waals surface area contributed by atoms with Crippen LogP contribution in [0, 0.1) is 6.65 Å². The number of ether oxygens (including phenoxy) is 7. The molecular weight excluding hydrogens is 560 g/mol. The van der Waals surface area contributed by atoms with Gasteiger partial charge in [-0.15, -0.1) is 0 Å². The Kier molecular flexibility index (Phi) is 241. The topological polar surface area (TPSA) is 278 Å². The predicted molar refractivity (Wildman–Crippen MR) is 159 cm³/mol. The largest absolute Gasteiger partial charge is 0 e. The molecule has 0 aromatic carbocycles. The molecule has 0 spiro atoms. The van der Waals surface area contributed by atoms with Crippen molar-refractivity contribution in [1.82, 2.24) is 0 Å². The van der Waals surface area contributed by atoms with Gasteiger partial charge < -0.3 is 79.5 Å². The number of rotatable bonds is 16. The smallest absolute Gasteiger partial charge is 0 e. The van der Waals surface area contributed by atoms with Crippen LogP contribution in [0.3, 0.4) is 0 Å². The fourth-order valence-corrected chi connectivity index (χ4v) is 0.730. The van der Waals surface area contributed by atoms with Crippen molar-refractivity contribution in [3.05, 3.63) is 6.65 Å². The minimum atomic E-state index is -0.125. The minimum Gasteiger partial charge on any atom is 0 e. The van der Waals surface area contributed by atoms with Gasteiger partial charge in [0.2, 0.25) is 0 Å². The van der Waals surface area contributed by atoms with Gasteiger partial charge in [0.05, 0.1) is 79.3 Å². The number of hydrogen-bond donors (Lipinski definition) is 8. The Morgan fingerprint density at radius 3 is 0.829 bits per heavy atom. The molecule has 0 aliphatic heterocycles. The van der Waals surface area contributed by atoms with Crippen molar-refractivity contribution in [2.75, 3.05) is 128 Å². The van der Waals surface area contributed by atoms with Gasteiger partial charge in [-0.2, -0.15) is 0 Å². The van der Waals surface area contributed by atoms with Crippen molar-refractivity contribution in [3.8, 4) is 0 Å². The summed E-state index contributed by atoms with van der Waals surface area (Å²) in [4.78, 5) is 0. The Balaban J connectivity index is -0.0000000212. The molecule has 0 amide bonds.